The number of halogens is 9. The zero-order valence-electron chi connectivity index (χ0n) is 26.0. The molecule has 7 nitrogen and oxygen atoms in total. The van der Waals surface area contributed by atoms with Gasteiger partial charge in [-0.2, -0.15) is 39.5 Å². The maximum atomic E-state index is 13.9. The average molecular weight is 716 g/mol. The molecule has 1 heterocycles. The van der Waals surface area contributed by atoms with Crippen LogP contribution in [0.3, 0.4) is 0 Å². The van der Waals surface area contributed by atoms with Crippen molar-refractivity contribution in [2.75, 3.05) is 24.2 Å². The first-order valence-electron chi connectivity index (χ1n) is 15.0. The third-order valence-electron chi connectivity index (χ3n) is 9.08. The van der Waals surface area contributed by atoms with Crippen LogP contribution in [0.25, 0.3) is 0 Å². The first-order chi connectivity index (χ1) is 22.0. The normalized spacial score (nSPS) is 22.9. The molecule has 266 valence electrons. The van der Waals surface area contributed by atoms with Crippen molar-refractivity contribution in [1.82, 2.24) is 9.80 Å². The van der Waals surface area contributed by atoms with E-state index in [2.05, 4.69) is 0 Å². The first-order valence-corrected chi connectivity index (χ1v) is 16.7. The highest BCUT2D eigenvalue weighted by atomic mass is 32.2. The molecule has 2 fully saturated rings. The molecule has 1 saturated carbocycles. The molecule has 1 saturated heterocycles. The van der Waals surface area contributed by atoms with Gasteiger partial charge in [0.05, 0.1) is 21.8 Å². The Kier molecular flexibility index (Phi) is 10.6. The van der Waals surface area contributed by atoms with E-state index in [9.17, 15) is 57.5 Å². The Balaban J connectivity index is 1.75. The van der Waals surface area contributed by atoms with Crippen molar-refractivity contribution in [3.63, 3.8) is 0 Å². The molecule has 2 aromatic carbocycles. The van der Waals surface area contributed by atoms with Crippen LogP contribution in [0, 0.1) is 5.92 Å². The van der Waals surface area contributed by atoms with Crippen molar-refractivity contribution in [3.05, 3.63) is 59.7 Å². The van der Waals surface area contributed by atoms with Crippen LogP contribution in [0.5, 0.6) is 0 Å². The molecule has 4 atom stereocenters. The number of hydrogen-bond donors (Lipinski definition) is 0. The Labute approximate surface area is 271 Å². The summed E-state index contributed by atoms with van der Waals surface area (Å²) in [7, 11) is -2.09. The maximum absolute atomic E-state index is 13.9. The SMILES string of the molecule is CC(C)N(C)[C@@H]1CC[C@H](N2CC[C@H](N(C(=O)C(F)(F)F)c3cc(C(F)(F)F)cc(C(F)(F)F)c3)C2=O)[C@@H](CS(=O)(=O)c2ccccc2)C1. The second-order valence-corrected chi connectivity index (χ2v) is 14.5. The van der Waals surface area contributed by atoms with Gasteiger partial charge >= 0.3 is 24.4 Å². The molecule has 0 bridgehead atoms. The number of nitrogens with zero attached hydrogens (tertiary/aromatic N) is 3. The molecule has 2 aliphatic rings. The van der Waals surface area contributed by atoms with Crippen molar-refractivity contribution < 1.29 is 57.5 Å². The van der Waals surface area contributed by atoms with Crippen molar-refractivity contribution in [1.29, 1.82) is 0 Å². The van der Waals surface area contributed by atoms with Gasteiger partial charge in [0.2, 0.25) is 5.91 Å². The predicted molar refractivity (Wildman–Crippen MR) is 156 cm³/mol. The van der Waals surface area contributed by atoms with Gasteiger partial charge in [-0.15, -0.1) is 0 Å². The first kappa shape index (κ1) is 37.5. The summed E-state index contributed by atoms with van der Waals surface area (Å²) >= 11 is 0. The number of carbonyl (C=O) groups is 2. The summed E-state index contributed by atoms with van der Waals surface area (Å²) in [4.78, 5) is 29.4. The van der Waals surface area contributed by atoms with Gasteiger partial charge in [-0.25, -0.2) is 8.42 Å². The molecule has 0 aromatic heterocycles. The number of likely N-dealkylation sites (tertiary alicyclic amines) is 1. The number of amides is 2. The Bertz CT molecular complexity index is 1560. The van der Waals surface area contributed by atoms with Crippen LogP contribution in [0.15, 0.2) is 53.4 Å². The lowest BCUT2D eigenvalue weighted by molar-refractivity contribution is -0.171. The zero-order valence-corrected chi connectivity index (χ0v) is 26.8. The summed E-state index contributed by atoms with van der Waals surface area (Å²) in [6.45, 7) is 3.55. The van der Waals surface area contributed by atoms with Crippen LogP contribution in [0.1, 0.15) is 50.7 Å². The molecule has 0 radical (unpaired) electrons. The average Bonchev–Trinajstić information content (AvgIpc) is 3.35. The van der Waals surface area contributed by atoms with Crippen LogP contribution < -0.4 is 4.90 Å². The quantitative estimate of drug-likeness (QED) is 0.289. The lowest BCUT2D eigenvalue weighted by atomic mass is 9.81. The second kappa shape index (κ2) is 13.5. The smallest absolute Gasteiger partial charge is 0.338 e. The number of carbonyl (C=O) groups excluding carboxylic acids is 2. The molecule has 0 unspecified atom stereocenters. The molecule has 1 aliphatic carbocycles. The summed E-state index contributed by atoms with van der Waals surface area (Å²) in [6, 6.07) is 4.08. The van der Waals surface area contributed by atoms with E-state index in [1.165, 1.54) is 24.3 Å². The third-order valence-corrected chi connectivity index (χ3v) is 10.9. The molecule has 48 heavy (non-hydrogen) atoms. The minimum atomic E-state index is -5.77. The van der Waals surface area contributed by atoms with Crippen LogP contribution in [-0.2, 0) is 31.8 Å². The minimum Gasteiger partial charge on any atom is -0.338 e. The van der Waals surface area contributed by atoms with Gasteiger partial charge in [0.15, 0.2) is 9.84 Å². The van der Waals surface area contributed by atoms with E-state index in [1.54, 1.807) is 6.07 Å². The second-order valence-electron chi connectivity index (χ2n) is 12.4. The topological polar surface area (TPSA) is 78.0 Å². The van der Waals surface area contributed by atoms with Gasteiger partial charge in [-0.1, -0.05) is 18.2 Å². The van der Waals surface area contributed by atoms with E-state index < -0.39 is 87.2 Å². The fourth-order valence-corrected chi connectivity index (χ4v) is 8.20. The fourth-order valence-electron chi connectivity index (χ4n) is 6.52. The minimum absolute atomic E-state index is 0.0145. The standard InChI is InChI=1S/C31H34F9N3O4S/c1-18(2)41(3)22-9-10-25(19(13-22)17-48(46,47)24-7-5-4-6-8-24)42-12-11-26(27(42)44)43(28(45)31(38,39)40)23-15-20(29(32,33)34)14-21(16-23)30(35,36)37/h4-8,14-16,18-19,22,25-26H,9-13,17H2,1-3H3/t19-,22-,25+,26+/m1/s1. The molecule has 0 N–H and O–H groups in total. The van der Waals surface area contributed by atoms with Gasteiger partial charge < -0.3 is 9.80 Å². The van der Waals surface area contributed by atoms with Crippen LogP contribution >= 0.6 is 0 Å². The molecular weight excluding hydrogens is 681 g/mol. The van der Waals surface area contributed by atoms with Gasteiger partial charge in [0, 0.05) is 30.4 Å². The largest absolute Gasteiger partial charge is 0.471 e. The highest BCUT2D eigenvalue weighted by Gasteiger charge is 2.52. The van der Waals surface area contributed by atoms with Crippen LogP contribution in [0.4, 0.5) is 45.2 Å². The Morgan fingerprint density at radius 3 is 1.96 bits per heavy atom. The zero-order chi connectivity index (χ0) is 36.0. The predicted octanol–water partition coefficient (Wildman–Crippen LogP) is 6.57. The molecule has 1 aliphatic heterocycles. The maximum Gasteiger partial charge on any atom is 0.471 e. The summed E-state index contributed by atoms with van der Waals surface area (Å²) in [5.41, 5.74) is -5.33. The number of anilines is 1. The van der Waals surface area contributed by atoms with Gasteiger partial charge in [0.1, 0.15) is 6.04 Å². The molecular formula is C31H34F9N3O4S. The van der Waals surface area contributed by atoms with E-state index in [4.69, 9.17) is 0 Å². The van der Waals surface area contributed by atoms with Crippen molar-refractivity contribution >= 4 is 27.3 Å². The van der Waals surface area contributed by atoms with Crippen molar-refractivity contribution in [2.24, 2.45) is 5.92 Å². The number of alkyl halides is 9. The Morgan fingerprint density at radius 2 is 1.46 bits per heavy atom. The van der Waals surface area contributed by atoms with Crippen LogP contribution in [-0.4, -0.2) is 79.7 Å². The third kappa shape index (κ3) is 8.09. The number of benzene rings is 2. The highest BCUT2D eigenvalue weighted by molar-refractivity contribution is 7.91. The van der Waals surface area contributed by atoms with Crippen LogP contribution in [0.2, 0.25) is 0 Å². The summed E-state index contributed by atoms with van der Waals surface area (Å²) in [5, 5.41) is 0. The summed E-state index contributed by atoms with van der Waals surface area (Å²) < 4.78 is 150. The van der Waals surface area contributed by atoms with Crippen molar-refractivity contribution in [2.45, 2.75) is 87.1 Å². The van der Waals surface area contributed by atoms with E-state index in [-0.39, 0.29) is 59.5 Å². The highest BCUT2D eigenvalue weighted by Crippen LogP contribution is 2.42. The van der Waals surface area contributed by atoms with E-state index >= 15 is 0 Å². The molecule has 17 heteroatoms. The molecule has 2 aromatic rings. The van der Waals surface area contributed by atoms with Crippen molar-refractivity contribution in [3.8, 4) is 0 Å². The van der Waals surface area contributed by atoms with Gasteiger partial charge in [-0.3, -0.25) is 14.5 Å². The lowest BCUT2D eigenvalue weighted by Crippen LogP contribution is -2.55. The Hall–Kier alpha value is -3.34. The van der Waals surface area contributed by atoms with Gasteiger partial charge in [0.25, 0.3) is 0 Å². The fraction of sp³-hybridized carbons (Fsp3) is 0.548. The lowest BCUT2D eigenvalue weighted by Gasteiger charge is -2.44. The van der Waals surface area contributed by atoms with E-state index in [0.29, 0.717) is 6.42 Å². The molecule has 0 spiro atoms. The monoisotopic (exact) mass is 715 g/mol. The number of rotatable bonds is 8. The number of hydrogen-bond acceptors (Lipinski definition) is 5. The van der Waals surface area contributed by atoms with Gasteiger partial charge in [-0.05, 0) is 82.8 Å². The van der Waals surface area contributed by atoms with E-state index in [0.717, 1.165) is 4.90 Å². The number of sulfone groups is 1. The molecule has 2 amide bonds. The Morgan fingerprint density at radius 1 is 0.896 bits per heavy atom. The summed E-state index contributed by atoms with van der Waals surface area (Å²) in [5.74, 6) is -5.14. The van der Waals surface area contributed by atoms with E-state index in [1.807, 2.05) is 25.8 Å². The summed E-state index contributed by atoms with van der Waals surface area (Å²) in [6.07, 6.45) is -16.3. The molecule has 4 rings (SSSR count).